The van der Waals surface area contributed by atoms with Gasteiger partial charge in [-0.2, -0.15) is 5.10 Å². The Morgan fingerprint density at radius 1 is 1.55 bits per heavy atom. The fourth-order valence-electron chi connectivity index (χ4n) is 0.774. The summed E-state index contributed by atoms with van der Waals surface area (Å²) in [4.78, 5) is 10.3. The highest BCUT2D eigenvalue weighted by molar-refractivity contribution is 5.71. The Hall–Kier alpha value is -1.12. The Labute approximate surface area is 66.0 Å². The number of nitrogens with zero attached hydrogens (tertiary/aromatic N) is 2. The van der Waals surface area contributed by atoms with Gasteiger partial charge in [0, 0.05) is 6.20 Å². The zero-order valence-electron chi connectivity index (χ0n) is 7.03. The standard InChI is InChI=1S/C8H12N2O/c1-8(2,3)10-5-4-7(6-11)9-10/h4-6H,1-3H3. The molecular weight excluding hydrogens is 140 g/mol. The first kappa shape index (κ1) is 7.98. The van der Waals surface area contributed by atoms with Crippen molar-refractivity contribution in [2.75, 3.05) is 0 Å². The molecule has 0 N–H and O–H groups in total. The summed E-state index contributed by atoms with van der Waals surface area (Å²) in [6.45, 7) is 6.11. The molecule has 1 heterocycles. The summed E-state index contributed by atoms with van der Waals surface area (Å²) in [5.41, 5.74) is 0.446. The molecule has 0 spiro atoms. The Kier molecular flexibility index (Phi) is 1.81. The van der Waals surface area contributed by atoms with E-state index in [0.29, 0.717) is 5.69 Å². The molecule has 60 valence electrons. The van der Waals surface area contributed by atoms with Crippen LogP contribution in [0, 0.1) is 0 Å². The van der Waals surface area contributed by atoms with Crippen LogP contribution >= 0.6 is 0 Å². The van der Waals surface area contributed by atoms with Crippen LogP contribution < -0.4 is 0 Å². The minimum absolute atomic E-state index is 0.0404. The lowest BCUT2D eigenvalue weighted by atomic mass is 10.1. The average Bonchev–Trinajstić information content (AvgIpc) is 2.32. The molecule has 0 saturated heterocycles. The smallest absolute Gasteiger partial charge is 0.170 e. The van der Waals surface area contributed by atoms with Gasteiger partial charge < -0.3 is 0 Å². The largest absolute Gasteiger partial charge is 0.296 e. The Morgan fingerprint density at radius 3 is 2.45 bits per heavy atom. The van der Waals surface area contributed by atoms with E-state index < -0.39 is 0 Å². The van der Waals surface area contributed by atoms with E-state index in [0.717, 1.165) is 6.29 Å². The number of aldehydes is 1. The molecule has 0 aliphatic rings. The third kappa shape index (κ3) is 1.67. The molecule has 0 radical (unpaired) electrons. The number of rotatable bonds is 1. The molecule has 0 unspecified atom stereocenters. The monoisotopic (exact) mass is 152 g/mol. The lowest BCUT2D eigenvalue weighted by Gasteiger charge is -2.18. The highest BCUT2D eigenvalue weighted by Crippen LogP contribution is 2.11. The molecular formula is C8H12N2O. The first-order valence-electron chi connectivity index (χ1n) is 3.55. The van der Waals surface area contributed by atoms with Crippen molar-refractivity contribution in [2.24, 2.45) is 0 Å². The van der Waals surface area contributed by atoms with Crippen LogP contribution in [0.1, 0.15) is 31.3 Å². The third-order valence-electron chi connectivity index (χ3n) is 1.42. The SMILES string of the molecule is CC(C)(C)n1ccc(C=O)n1. The summed E-state index contributed by atoms with van der Waals surface area (Å²) in [6, 6.07) is 1.71. The van der Waals surface area contributed by atoms with Crippen LogP contribution in [0.2, 0.25) is 0 Å². The molecule has 0 aromatic carbocycles. The minimum Gasteiger partial charge on any atom is -0.296 e. The summed E-state index contributed by atoms with van der Waals surface area (Å²) >= 11 is 0. The van der Waals surface area contributed by atoms with E-state index in [1.54, 1.807) is 10.7 Å². The Morgan fingerprint density at radius 2 is 2.18 bits per heavy atom. The molecule has 0 amide bonds. The second-order valence-corrected chi connectivity index (χ2v) is 3.47. The summed E-state index contributed by atoms with van der Waals surface area (Å²) in [7, 11) is 0. The van der Waals surface area contributed by atoms with Crippen LogP contribution in [0.3, 0.4) is 0 Å². The number of aromatic nitrogens is 2. The van der Waals surface area contributed by atoms with Crippen molar-refractivity contribution in [3.63, 3.8) is 0 Å². The van der Waals surface area contributed by atoms with Gasteiger partial charge in [-0.15, -0.1) is 0 Å². The summed E-state index contributed by atoms with van der Waals surface area (Å²) in [5.74, 6) is 0. The van der Waals surface area contributed by atoms with Crippen molar-refractivity contribution in [1.29, 1.82) is 0 Å². The van der Waals surface area contributed by atoms with Gasteiger partial charge in [-0.1, -0.05) is 0 Å². The van der Waals surface area contributed by atoms with Crippen molar-refractivity contribution in [3.05, 3.63) is 18.0 Å². The first-order chi connectivity index (χ1) is 5.04. The first-order valence-corrected chi connectivity index (χ1v) is 3.55. The van der Waals surface area contributed by atoms with Crippen LogP contribution in [-0.2, 0) is 5.54 Å². The van der Waals surface area contributed by atoms with E-state index in [4.69, 9.17) is 0 Å². The maximum Gasteiger partial charge on any atom is 0.170 e. The number of hydrogen-bond donors (Lipinski definition) is 0. The maximum atomic E-state index is 10.3. The van der Waals surface area contributed by atoms with Crippen molar-refractivity contribution in [2.45, 2.75) is 26.3 Å². The van der Waals surface area contributed by atoms with Gasteiger partial charge >= 0.3 is 0 Å². The van der Waals surface area contributed by atoms with Crippen LogP contribution in [0.15, 0.2) is 12.3 Å². The van der Waals surface area contributed by atoms with E-state index >= 15 is 0 Å². The van der Waals surface area contributed by atoms with Gasteiger partial charge in [-0.05, 0) is 26.8 Å². The van der Waals surface area contributed by atoms with Gasteiger partial charge in [0.05, 0.1) is 5.54 Å². The summed E-state index contributed by atoms with van der Waals surface area (Å²) < 4.78 is 1.77. The number of carbonyl (C=O) groups is 1. The molecule has 3 heteroatoms. The van der Waals surface area contributed by atoms with Crippen LogP contribution in [0.25, 0.3) is 0 Å². The highest BCUT2D eigenvalue weighted by Gasteiger charge is 2.13. The third-order valence-corrected chi connectivity index (χ3v) is 1.42. The number of hydrogen-bond acceptors (Lipinski definition) is 2. The molecule has 0 aliphatic carbocycles. The maximum absolute atomic E-state index is 10.3. The molecule has 1 aromatic heterocycles. The average molecular weight is 152 g/mol. The molecule has 0 atom stereocenters. The lowest BCUT2D eigenvalue weighted by molar-refractivity contribution is 0.111. The molecule has 0 saturated carbocycles. The van der Waals surface area contributed by atoms with Crippen molar-refractivity contribution >= 4 is 6.29 Å². The van der Waals surface area contributed by atoms with E-state index in [1.807, 2.05) is 27.0 Å². The Bertz CT molecular complexity index is 257. The lowest BCUT2D eigenvalue weighted by Crippen LogP contribution is -2.22. The second-order valence-electron chi connectivity index (χ2n) is 3.47. The quantitative estimate of drug-likeness (QED) is 0.571. The van der Waals surface area contributed by atoms with Gasteiger partial charge in [0.1, 0.15) is 5.69 Å². The Balaban J connectivity index is 2.98. The minimum atomic E-state index is -0.0404. The molecule has 3 nitrogen and oxygen atoms in total. The van der Waals surface area contributed by atoms with Gasteiger partial charge in [0.2, 0.25) is 0 Å². The zero-order chi connectivity index (χ0) is 8.48. The second kappa shape index (κ2) is 2.49. The van der Waals surface area contributed by atoms with Crippen LogP contribution in [0.5, 0.6) is 0 Å². The zero-order valence-corrected chi connectivity index (χ0v) is 7.03. The normalized spacial score (nSPS) is 11.5. The predicted molar refractivity (Wildman–Crippen MR) is 42.6 cm³/mol. The van der Waals surface area contributed by atoms with E-state index in [1.165, 1.54) is 0 Å². The number of carbonyl (C=O) groups excluding carboxylic acids is 1. The molecule has 0 fully saturated rings. The fraction of sp³-hybridized carbons (Fsp3) is 0.500. The van der Waals surface area contributed by atoms with E-state index in [-0.39, 0.29) is 5.54 Å². The molecule has 1 rings (SSSR count). The van der Waals surface area contributed by atoms with Crippen LogP contribution in [0.4, 0.5) is 0 Å². The molecule has 11 heavy (non-hydrogen) atoms. The van der Waals surface area contributed by atoms with Crippen molar-refractivity contribution in [1.82, 2.24) is 9.78 Å². The predicted octanol–water partition coefficient (Wildman–Crippen LogP) is 1.45. The molecule has 1 aromatic rings. The van der Waals surface area contributed by atoms with Crippen molar-refractivity contribution < 1.29 is 4.79 Å². The van der Waals surface area contributed by atoms with Crippen LogP contribution in [-0.4, -0.2) is 16.1 Å². The van der Waals surface area contributed by atoms with Gasteiger partial charge in [-0.3, -0.25) is 9.48 Å². The summed E-state index contributed by atoms with van der Waals surface area (Å²) in [5, 5.41) is 4.05. The van der Waals surface area contributed by atoms with Gasteiger partial charge in [0.15, 0.2) is 6.29 Å². The molecule has 0 bridgehead atoms. The summed E-state index contributed by atoms with van der Waals surface area (Å²) in [6.07, 6.45) is 2.56. The van der Waals surface area contributed by atoms with E-state index in [2.05, 4.69) is 5.10 Å². The van der Waals surface area contributed by atoms with E-state index in [9.17, 15) is 4.79 Å². The van der Waals surface area contributed by atoms with Gasteiger partial charge in [-0.25, -0.2) is 0 Å². The molecule has 0 aliphatic heterocycles. The fourth-order valence-corrected chi connectivity index (χ4v) is 0.774. The van der Waals surface area contributed by atoms with Gasteiger partial charge in [0.25, 0.3) is 0 Å². The highest BCUT2D eigenvalue weighted by atomic mass is 16.1. The van der Waals surface area contributed by atoms with Crippen molar-refractivity contribution in [3.8, 4) is 0 Å². The topological polar surface area (TPSA) is 34.9 Å².